The number of benzene rings is 2. The van der Waals surface area contributed by atoms with Crippen LogP contribution in [-0.2, 0) is 6.42 Å². The SMILES string of the molecule is Cc1ccc(F)c(N2CCCC(NC(=O)c3ccc4c(c3)CCO4)C2)c1. The number of ether oxygens (including phenoxy) is 1. The van der Waals surface area contributed by atoms with E-state index in [9.17, 15) is 9.18 Å². The Morgan fingerprint density at radius 2 is 2.15 bits per heavy atom. The molecule has 1 atom stereocenters. The van der Waals surface area contributed by atoms with E-state index < -0.39 is 0 Å². The van der Waals surface area contributed by atoms with Crippen LogP contribution in [0.5, 0.6) is 5.75 Å². The number of anilines is 1. The van der Waals surface area contributed by atoms with Gasteiger partial charge in [-0.3, -0.25) is 4.79 Å². The van der Waals surface area contributed by atoms with Crippen LogP contribution in [0.2, 0.25) is 0 Å². The zero-order valence-corrected chi connectivity index (χ0v) is 14.9. The molecule has 5 heteroatoms. The van der Waals surface area contributed by atoms with Crippen molar-refractivity contribution >= 4 is 11.6 Å². The lowest BCUT2D eigenvalue weighted by molar-refractivity contribution is 0.0933. The Kier molecular flexibility index (Phi) is 4.53. The summed E-state index contributed by atoms with van der Waals surface area (Å²) in [5.41, 5.74) is 3.41. The summed E-state index contributed by atoms with van der Waals surface area (Å²) >= 11 is 0. The first-order chi connectivity index (χ1) is 12.6. The third-order valence-corrected chi connectivity index (χ3v) is 5.15. The van der Waals surface area contributed by atoms with Crippen molar-refractivity contribution in [3.8, 4) is 5.75 Å². The number of hydrogen-bond acceptors (Lipinski definition) is 3. The Balaban J connectivity index is 1.45. The Morgan fingerprint density at radius 3 is 3.04 bits per heavy atom. The van der Waals surface area contributed by atoms with Gasteiger partial charge in [-0.05, 0) is 61.2 Å². The second-order valence-corrected chi connectivity index (χ2v) is 7.13. The molecule has 0 radical (unpaired) electrons. The van der Waals surface area contributed by atoms with Crippen LogP contribution in [0.4, 0.5) is 10.1 Å². The number of nitrogens with one attached hydrogen (secondary N) is 1. The van der Waals surface area contributed by atoms with Crippen LogP contribution < -0.4 is 15.0 Å². The van der Waals surface area contributed by atoms with Crippen molar-refractivity contribution in [3.63, 3.8) is 0 Å². The van der Waals surface area contributed by atoms with Gasteiger partial charge < -0.3 is 15.0 Å². The van der Waals surface area contributed by atoms with Gasteiger partial charge in [-0.1, -0.05) is 6.07 Å². The van der Waals surface area contributed by atoms with E-state index in [-0.39, 0.29) is 17.8 Å². The summed E-state index contributed by atoms with van der Waals surface area (Å²) in [7, 11) is 0. The zero-order valence-electron chi connectivity index (χ0n) is 14.9. The van der Waals surface area contributed by atoms with E-state index in [0.717, 1.165) is 42.7 Å². The van der Waals surface area contributed by atoms with Crippen molar-refractivity contribution in [2.75, 3.05) is 24.6 Å². The normalized spacial score (nSPS) is 19.0. The minimum atomic E-state index is -0.207. The number of hydrogen-bond donors (Lipinski definition) is 1. The summed E-state index contributed by atoms with van der Waals surface area (Å²) in [6, 6.07) is 10.8. The molecule has 0 aliphatic carbocycles. The molecule has 2 aliphatic rings. The molecular formula is C21H23FN2O2. The molecule has 2 aromatic rings. The molecule has 1 N–H and O–H groups in total. The fraction of sp³-hybridized carbons (Fsp3) is 0.381. The average Bonchev–Trinajstić information content (AvgIpc) is 3.11. The number of fused-ring (bicyclic) bond motifs is 1. The number of carbonyl (C=O) groups is 1. The molecule has 4 nitrogen and oxygen atoms in total. The number of carbonyl (C=O) groups excluding carboxylic acids is 1. The van der Waals surface area contributed by atoms with Gasteiger partial charge >= 0.3 is 0 Å². The number of halogens is 1. The first-order valence-corrected chi connectivity index (χ1v) is 9.18. The highest BCUT2D eigenvalue weighted by molar-refractivity contribution is 5.94. The van der Waals surface area contributed by atoms with E-state index in [4.69, 9.17) is 4.74 Å². The molecule has 1 fully saturated rings. The molecule has 4 rings (SSSR count). The van der Waals surface area contributed by atoms with Gasteiger partial charge in [-0.2, -0.15) is 0 Å². The number of nitrogens with zero attached hydrogens (tertiary/aromatic N) is 1. The van der Waals surface area contributed by atoms with Gasteiger partial charge in [0.2, 0.25) is 0 Å². The highest BCUT2D eigenvalue weighted by atomic mass is 19.1. The number of aryl methyl sites for hydroxylation is 1. The summed E-state index contributed by atoms with van der Waals surface area (Å²) in [6.07, 6.45) is 2.68. The number of amides is 1. The molecule has 1 amide bonds. The Bertz CT molecular complexity index is 837. The van der Waals surface area contributed by atoms with Crippen molar-refractivity contribution in [1.29, 1.82) is 0 Å². The van der Waals surface area contributed by atoms with Gasteiger partial charge in [0.05, 0.1) is 12.3 Å². The largest absolute Gasteiger partial charge is 0.493 e. The lowest BCUT2D eigenvalue weighted by atomic mass is 10.0. The predicted molar refractivity (Wildman–Crippen MR) is 99.5 cm³/mol. The van der Waals surface area contributed by atoms with Gasteiger partial charge in [-0.25, -0.2) is 4.39 Å². The summed E-state index contributed by atoms with van der Waals surface area (Å²) in [5.74, 6) is 0.595. The molecule has 26 heavy (non-hydrogen) atoms. The van der Waals surface area contributed by atoms with Crippen molar-refractivity contribution in [1.82, 2.24) is 5.32 Å². The highest BCUT2D eigenvalue weighted by Gasteiger charge is 2.24. The highest BCUT2D eigenvalue weighted by Crippen LogP contribution is 2.27. The van der Waals surface area contributed by atoms with Crippen LogP contribution in [0.3, 0.4) is 0 Å². The van der Waals surface area contributed by atoms with Gasteiger partial charge in [0, 0.05) is 31.1 Å². The van der Waals surface area contributed by atoms with Crippen molar-refractivity contribution in [3.05, 3.63) is 58.9 Å². The summed E-state index contributed by atoms with van der Waals surface area (Å²) in [4.78, 5) is 14.7. The second-order valence-electron chi connectivity index (χ2n) is 7.13. The van der Waals surface area contributed by atoms with Crippen LogP contribution in [-0.4, -0.2) is 31.6 Å². The van der Waals surface area contributed by atoms with Gasteiger partial charge in [-0.15, -0.1) is 0 Å². The maximum atomic E-state index is 14.2. The Hall–Kier alpha value is -2.56. The molecule has 2 heterocycles. The van der Waals surface area contributed by atoms with Gasteiger partial charge in [0.15, 0.2) is 0 Å². The first kappa shape index (κ1) is 16.9. The van der Waals surface area contributed by atoms with Crippen LogP contribution in [0.15, 0.2) is 36.4 Å². The van der Waals surface area contributed by atoms with Gasteiger partial charge in [0.1, 0.15) is 11.6 Å². The van der Waals surface area contributed by atoms with Crippen molar-refractivity contribution in [2.24, 2.45) is 0 Å². The van der Waals surface area contributed by atoms with Crippen molar-refractivity contribution in [2.45, 2.75) is 32.2 Å². The zero-order chi connectivity index (χ0) is 18.1. The van der Waals surface area contributed by atoms with Crippen LogP contribution in [0.1, 0.15) is 34.3 Å². The molecule has 2 aliphatic heterocycles. The molecule has 2 aromatic carbocycles. The van der Waals surface area contributed by atoms with Crippen LogP contribution in [0, 0.1) is 12.7 Å². The maximum Gasteiger partial charge on any atom is 0.251 e. The van der Waals surface area contributed by atoms with E-state index in [1.165, 1.54) is 6.07 Å². The quantitative estimate of drug-likeness (QED) is 0.918. The summed E-state index contributed by atoms with van der Waals surface area (Å²) < 4.78 is 19.7. The molecule has 1 unspecified atom stereocenters. The molecular weight excluding hydrogens is 331 g/mol. The first-order valence-electron chi connectivity index (χ1n) is 9.18. The number of rotatable bonds is 3. The molecule has 0 bridgehead atoms. The minimum Gasteiger partial charge on any atom is -0.493 e. The van der Waals surface area contributed by atoms with E-state index in [0.29, 0.717) is 24.4 Å². The van der Waals surface area contributed by atoms with Gasteiger partial charge in [0.25, 0.3) is 5.91 Å². The third-order valence-electron chi connectivity index (χ3n) is 5.15. The fourth-order valence-corrected chi connectivity index (χ4v) is 3.78. The van der Waals surface area contributed by atoms with Crippen LogP contribution >= 0.6 is 0 Å². The summed E-state index contributed by atoms with van der Waals surface area (Å²) in [5, 5.41) is 3.12. The van der Waals surface area contributed by atoms with Crippen LogP contribution in [0.25, 0.3) is 0 Å². The number of piperidine rings is 1. The molecule has 1 saturated heterocycles. The minimum absolute atomic E-state index is 0.0145. The topological polar surface area (TPSA) is 41.6 Å². The lowest BCUT2D eigenvalue weighted by Gasteiger charge is -2.35. The maximum absolute atomic E-state index is 14.2. The fourth-order valence-electron chi connectivity index (χ4n) is 3.78. The van der Waals surface area contributed by atoms with Crippen molar-refractivity contribution < 1.29 is 13.9 Å². The smallest absolute Gasteiger partial charge is 0.251 e. The average molecular weight is 354 g/mol. The van der Waals surface area contributed by atoms with E-state index >= 15 is 0 Å². The lowest BCUT2D eigenvalue weighted by Crippen LogP contribution is -2.48. The van der Waals surface area contributed by atoms with E-state index in [1.54, 1.807) is 12.1 Å². The van der Waals surface area contributed by atoms with E-state index in [1.807, 2.05) is 30.0 Å². The standard InChI is InChI=1S/C21H23FN2O2/c1-14-4-6-18(22)19(11-14)24-9-2-3-17(13-24)23-21(25)16-5-7-20-15(12-16)8-10-26-20/h4-7,11-12,17H,2-3,8-10,13H2,1H3,(H,23,25). The Labute approximate surface area is 153 Å². The van der Waals surface area contributed by atoms with E-state index in [2.05, 4.69) is 5.32 Å². The third kappa shape index (κ3) is 3.39. The molecule has 136 valence electrons. The molecule has 0 spiro atoms. The molecule has 0 aromatic heterocycles. The second kappa shape index (κ2) is 6.98. The Morgan fingerprint density at radius 1 is 1.27 bits per heavy atom. The molecule has 0 saturated carbocycles. The predicted octanol–water partition coefficient (Wildman–Crippen LogP) is 3.47. The summed E-state index contributed by atoms with van der Waals surface area (Å²) in [6.45, 7) is 4.08. The monoisotopic (exact) mass is 354 g/mol.